The predicted octanol–water partition coefficient (Wildman–Crippen LogP) is 7.63. The molecule has 0 aliphatic heterocycles. The molecular weight excluding hydrogens is 240 g/mol. The summed E-state index contributed by atoms with van der Waals surface area (Å²) < 4.78 is 0. The molecule has 119 valence electrons. The number of allylic oxidation sites excluding steroid dienone is 2. The Bertz CT molecular complexity index is 180. The fourth-order valence-corrected chi connectivity index (χ4v) is 2.74. The molecule has 0 aliphatic carbocycles. The Balaban J connectivity index is 2.92. The molecule has 0 unspecified atom stereocenters. The molecular formula is C20H39. The highest BCUT2D eigenvalue weighted by molar-refractivity contribution is 4.66. The third kappa shape index (κ3) is 17.7. The second-order valence-electron chi connectivity index (χ2n) is 6.19. The van der Waals surface area contributed by atoms with E-state index < -0.39 is 0 Å². The molecule has 0 atom stereocenters. The maximum Gasteiger partial charge on any atom is -0.0280 e. The van der Waals surface area contributed by atoms with Crippen molar-refractivity contribution in [2.45, 2.75) is 117 Å². The van der Waals surface area contributed by atoms with Crippen LogP contribution in [-0.2, 0) is 0 Å². The highest BCUT2D eigenvalue weighted by atomic mass is 14.0. The van der Waals surface area contributed by atoms with Crippen molar-refractivity contribution in [1.82, 2.24) is 0 Å². The van der Waals surface area contributed by atoms with E-state index in [9.17, 15) is 0 Å². The van der Waals surface area contributed by atoms with Gasteiger partial charge >= 0.3 is 0 Å². The van der Waals surface area contributed by atoms with Crippen molar-refractivity contribution in [2.75, 3.05) is 0 Å². The van der Waals surface area contributed by atoms with E-state index in [4.69, 9.17) is 0 Å². The lowest BCUT2D eigenvalue weighted by molar-refractivity contribution is 0.532. The highest BCUT2D eigenvalue weighted by Crippen LogP contribution is 2.13. The van der Waals surface area contributed by atoms with Crippen molar-refractivity contribution >= 4 is 0 Å². The normalized spacial score (nSPS) is 11.5. The Morgan fingerprint density at radius 1 is 0.550 bits per heavy atom. The van der Waals surface area contributed by atoms with Crippen LogP contribution in [0.3, 0.4) is 0 Å². The van der Waals surface area contributed by atoms with Gasteiger partial charge in [0, 0.05) is 0 Å². The first kappa shape index (κ1) is 19.7. The quantitative estimate of drug-likeness (QED) is 0.255. The zero-order chi connectivity index (χ0) is 14.7. The summed E-state index contributed by atoms with van der Waals surface area (Å²) in [6.45, 7) is 4.35. The molecule has 0 aromatic rings. The first-order valence-electron chi connectivity index (χ1n) is 9.43. The van der Waals surface area contributed by atoms with Crippen molar-refractivity contribution in [3.63, 3.8) is 0 Å². The van der Waals surface area contributed by atoms with Gasteiger partial charge in [0.1, 0.15) is 0 Å². The molecule has 20 heavy (non-hydrogen) atoms. The average Bonchev–Trinajstić information content (AvgIpc) is 2.47. The van der Waals surface area contributed by atoms with E-state index in [1.54, 1.807) is 0 Å². The van der Waals surface area contributed by atoms with Gasteiger partial charge in [-0.05, 0) is 25.8 Å². The van der Waals surface area contributed by atoms with Crippen LogP contribution < -0.4 is 0 Å². The Hall–Kier alpha value is -0.260. The van der Waals surface area contributed by atoms with Gasteiger partial charge in [0.15, 0.2) is 0 Å². The molecule has 0 saturated heterocycles. The van der Waals surface area contributed by atoms with Gasteiger partial charge in [0.25, 0.3) is 0 Å². The molecule has 0 aromatic carbocycles. The van der Waals surface area contributed by atoms with Crippen molar-refractivity contribution in [1.29, 1.82) is 0 Å². The monoisotopic (exact) mass is 279 g/mol. The van der Waals surface area contributed by atoms with E-state index in [0.29, 0.717) is 0 Å². The first-order valence-corrected chi connectivity index (χ1v) is 9.43. The molecule has 0 amide bonds. The lowest BCUT2D eigenvalue weighted by Gasteiger charge is -2.03. The Kier molecular flexibility index (Phi) is 18.5. The minimum atomic E-state index is 1.16. The SMILES string of the molecule is CC=[C]CCCCCCCCCCCCCCCCC. The van der Waals surface area contributed by atoms with Crippen molar-refractivity contribution in [3.05, 3.63) is 12.2 Å². The Morgan fingerprint density at radius 3 is 1.25 bits per heavy atom. The van der Waals surface area contributed by atoms with E-state index in [2.05, 4.69) is 19.9 Å². The fourth-order valence-electron chi connectivity index (χ4n) is 2.74. The maximum atomic E-state index is 3.27. The number of rotatable bonds is 16. The van der Waals surface area contributed by atoms with Gasteiger partial charge in [-0.3, -0.25) is 0 Å². The molecule has 0 rings (SSSR count). The van der Waals surface area contributed by atoms with Gasteiger partial charge in [0.05, 0.1) is 0 Å². The summed E-state index contributed by atoms with van der Waals surface area (Å²) in [6, 6.07) is 0. The van der Waals surface area contributed by atoms with E-state index in [1.165, 1.54) is 96.3 Å². The molecule has 0 heteroatoms. The van der Waals surface area contributed by atoms with Gasteiger partial charge in [-0.15, -0.1) is 0 Å². The van der Waals surface area contributed by atoms with E-state index in [-0.39, 0.29) is 0 Å². The summed E-state index contributed by atoms with van der Waals surface area (Å²) in [5, 5.41) is 0. The van der Waals surface area contributed by atoms with Crippen LogP contribution in [0.2, 0.25) is 0 Å². The number of hydrogen-bond acceptors (Lipinski definition) is 0. The van der Waals surface area contributed by atoms with Crippen molar-refractivity contribution < 1.29 is 0 Å². The van der Waals surface area contributed by atoms with E-state index in [0.717, 1.165) is 6.42 Å². The van der Waals surface area contributed by atoms with E-state index >= 15 is 0 Å². The van der Waals surface area contributed by atoms with Crippen LogP contribution in [0, 0.1) is 6.08 Å². The largest absolute Gasteiger partial charge is 0.0842 e. The van der Waals surface area contributed by atoms with Gasteiger partial charge in [-0.2, -0.15) is 0 Å². The number of unbranched alkanes of at least 4 members (excludes halogenated alkanes) is 15. The minimum absolute atomic E-state index is 1.16. The highest BCUT2D eigenvalue weighted by Gasteiger charge is 1.93. The van der Waals surface area contributed by atoms with Gasteiger partial charge in [-0.1, -0.05) is 103 Å². The van der Waals surface area contributed by atoms with Crippen LogP contribution in [-0.4, -0.2) is 0 Å². The molecule has 0 saturated carbocycles. The summed E-state index contributed by atoms with van der Waals surface area (Å²) in [6.07, 6.45) is 28.1. The number of hydrogen-bond donors (Lipinski definition) is 0. The second kappa shape index (κ2) is 18.7. The summed E-state index contributed by atoms with van der Waals surface area (Å²) in [5.74, 6) is 0. The Labute approximate surface area is 129 Å². The molecule has 0 spiro atoms. The molecule has 0 aliphatic rings. The van der Waals surface area contributed by atoms with Crippen LogP contribution in [0.5, 0.6) is 0 Å². The van der Waals surface area contributed by atoms with Gasteiger partial charge < -0.3 is 0 Å². The minimum Gasteiger partial charge on any atom is -0.0842 e. The zero-order valence-electron chi connectivity index (χ0n) is 14.4. The lowest BCUT2D eigenvalue weighted by Crippen LogP contribution is -1.83. The molecule has 0 N–H and O–H groups in total. The third-order valence-electron chi connectivity index (χ3n) is 4.13. The van der Waals surface area contributed by atoms with Gasteiger partial charge in [-0.25, -0.2) is 0 Å². The van der Waals surface area contributed by atoms with Crippen LogP contribution in [0.1, 0.15) is 117 Å². The predicted molar refractivity (Wildman–Crippen MR) is 93.0 cm³/mol. The summed E-state index contributed by atoms with van der Waals surface area (Å²) in [7, 11) is 0. The molecule has 0 aromatic heterocycles. The maximum absolute atomic E-state index is 3.27. The fraction of sp³-hybridized carbons (Fsp3) is 0.900. The summed E-state index contributed by atoms with van der Waals surface area (Å²) in [5.41, 5.74) is 0. The standard InChI is InChI=1S/C20H39/c1-3-5-7-9-11-13-15-17-19-20-18-16-14-12-10-8-6-4-2/h3H,4,6-20H2,1-2H3. The van der Waals surface area contributed by atoms with Crippen LogP contribution in [0.4, 0.5) is 0 Å². The van der Waals surface area contributed by atoms with Crippen LogP contribution in [0.25, 0.3) is 0 Å². The smallest absolute Gasteiger partial charge is 0.0280 e. The summed E-state index contributed by atoms with van der Waals surface area (Å²) in [4.78, 5) is 0. The first-order chi connectivity index (χ1) is 9.91. The molecule has 0 heterocycles. The van der Waals surface area contributed by atoms with Crippen molar-refractivity contribution in [3.8, 4) is 0 Å². The summed E-state index contributed by atoms with van der Waals surface area (Å²) >= 11 is 0. The van der Waals surface area contributed by atoms with Crippen LogP contribution in [0.15, 0.2) is 6.08 Å². The topological polar surface area (TPSA) is 0 Å². The Morgan fingerprint density at radius 2 is 0.900 bits per heavy atom. The molecule has 1 radical (unpaired) electrons. The molecule has 0 bridgehead atoms. The third-order valence-corrected chi connectivity index (χ3v) is 4.13. The van der Waals surface area contributed by atoms with E-state index in [1.807, 2.05) is 6.08 Å². The zero-order valence-corrected chi connectivity index (χ0v) is 14.4. The van der Waals surface area contributed by atoms with Crippen molar-refractivity contribution in [2.24, 2.45) is 0 Å². The van der Waals surface area contributed by atoms with Crippen LogP contribution >= 0.6 is 0 Å². The second-order valence-corrected chi connectivity index (χ2v) is 6.19. The average molecular weight is 280 g/mol. The molecule has 0 fully saturated rings. The van der Waals surface area contributed by atoms with Gasteiger partial charge in [0.2, 0.25) is 0 Å². The molecule has 0 nitrogen and oxygen atoms in total. The lowest BCUT2D eigenvalue weighted by atomic mass is 10.0.